The van der Waals surface area contributed by atoms with Crippen molar-refractivity contribution in [3.63, 3.8) is 0 Å². The number of aromatic nitrogens is 2. The summed E-state index contributed by atoms with van der Waals surface area (Å²) in [6.45, 7) is 2.02. The zero-order valence-electron chi connectivity index (χ0n) is 14.6. The summed E-state index contributed by atoms with van der Waals surface area (Å²) in [5, 5.41) is 6.43. The molecule has 0 unspecified atom stereocenters. The lowest BCUT2D eigenvalue weighted by Crippen LogP contribution is -2.55. The van der Waals surface area contributed by atoms with Crippen LogP contribution in [0.15, 0.2) is 6.07 Å². The molecule has 7 heteroatoms. The summed E-state index contributed by atoms with van der Waals surface area (Å²) in [7, 11) is 1.37. The van der Waals surface area contributed by atoms with Crippen LogP contribution in [-0.2, 0) is 13.2 Å². The Labute approximate surface area is 145 Å². The van der Waals surface area contributed by atoms with Gasteiger partial charge in [0.15, 0.2) is 5.69 Å². The number of hydrogen-bond acceptors (Lipinski definition) is 2. The van der Waals surface area contributed by atoms with Crippen LogP contribution in [0.25, 0.3) is 0 Å². The van der Waals surface area contributed by atoms with E-state index in [0.717, 1.165) is 47.8 Å². The summed E-state index contributed by atoms with van der Waals surface area (Å²) in [6.07, 6.45) is 2.82. The van der Waals surface area contributed by atoms with Crippen molar-refractivity contribution in [1.29, 1.82) is 0 Å². The van der Waals surface area contributed by atoms with E-state index in [-0.39, 0.29) is 17.2 Å². The number of alkyl halides is 3. The molecule has 1 aromatic rings. The smallest absolute Gasteiger partial charge is 0.348 e. The minimum Gasteiger partial charge on any atom is -0.348 e. The molecular formula is C18H24F3N3O. The monoisotopic (exact) mass is 355 g/mol. The largest absolute Gasteiger partial charge is 0.435 e. The van der Waals surface area contributed by atoms with E-state index >= 15 is 0 Å². The van der Waals surface area contributed by atoms with Crippen LogP contribution in [-0.4, -0.2) is 21.7 Å². The Hall–Kier alpha value is -1.53. The van der Waals surface area contributed by atoms with Crippen molar-refractivity contribution in [3.8, 4) is 0 Å². The number of rotatable bonds is 3. The van der Waals surface area contributed by atoms with Gasteiger partial charge in [0.25, 0.3) is 5.91 Å². The molecule has 1 atom stereocenters. The van der Waals surface area contributed by atoms with Gasteiger partial charge in [0.1, 0.15) is 5.69 Å². The molecule has 0 radical (unpaired) electrons. The Morgan fingerprint density at radius 1 is 1.24 bits per heavy atom. The first-order valence-electron chi connectivity index (χ1n) is 9.08. The molecule has 4 fully saturated rings. The lowest BCUT2D eigenvalue weighted by Gasteiger charge is -2.59. The molecule has 1 amide bonds. The van der Waals surface area contributed by atoms with Gasteiger partial charge in [-0.3, -0.25) is 9.48 Å². The summed E-state index contributed by atoms with van der Waals surface area (Å²) in [6, 6.07) is 0.805. The Kier molecular flexibility index (Phi) is 3.71. The Balaban J connectivity index is 1.51. The molecule has 0 aromatic carbocycles. The fourth-order valence-electron chi connectivity index (χ4n) is 5.95. The number of aryl methyl sites for hydroxylation is 1. The molecule has 25 heavy (non-hydrogen) atoms. The summed E-state index contributed by atoms with van der Waals surface area (Å²) in [4.78, 5) is 12.6. The molecule has 0 saturated heterocycles. The Morgan fingerprint density at radius 2 is 1.76 bits per heavy atom. The van der Waals surface area contributed by atoms with Crippen molar-refractivity contribution >= 4 is 5.91 Å². The molecule has 4 aliphatic carbocycles. The highest BCUT2D eigenvalue weighted by molar-refractivity contribution is 5.92. The van der Waals surface area contributed by atoms with Gasteiger partial charge in [-0.05, 0) is 68.6 Å². The lowest BCUT2D eigenvalue weighted by atomic mass is 9.48. The van der Waals surface area contributed by atoms with E-state index in [2.05, 4.69) is 10.4 Å². The Morgan fingerprint density at radius 3 is 2.20 bits per heavy atom. The second-order valence-corrected chi connectivity index (χ2v) is 8.51. The first kappa shape index (κ1) is 16.9. The third-order valence-corrected chi connectivity index (χ3v) is 6.75. The SMILES string of the molecule is C[C@@H](NC(=O)c1cc(C(F)(F)F)nn1C)C12CC3CC(CC(C3)C1)C2. The summed E-state index contributed by atoms with van der Waals surface area (Å²) in [5.41, 5.74) is -0.943. The first-order chi connectivity index (χ1) is 11.7. The van der Waals surface area contributed by atoms with Gasteiger partial charge < -0.3 is 5.32 Å². The number of carbonyl (C=O) groups is 1. The van der Waals surface area contributed by atoms with Gasteiger partial charge >= 0.3 is 6.18 Å². The first-order valence-corrected chi connectivity index (χ1v) is 9.08. The van der Waals surface area contributed by atoms with Gasteiger partial charge in [0.2, 0.25) is 0 Å². The third-order valence-electron chi connectivity index (χ3n) is 6.75. The maximum Gasteiger partial charge on any atom is 0.435 e. The minimum atomic E-state index is -4.54. The molecule has 138 valence electrons. The number of hydrogen-bond donors (Lipinski definition) is 1. The minimum absolute atomic E-state index is 0.0300. The number of amides is 1. The zero-order chi connectivity index (χ0) is 18.0. The van der Waals surface area contributed by atoms with E-state index in [0.29, 0.717) is 0 Å². The van der Waals surface area contributed by atoms with Crippen LogP contribution in [0.1, 0.15) is 61.6 Å². The number of nitrogens with zero attached hydrogens (tertiary/aromatic N) is 2. The average Bonchev–Trinajstić information content (AvgIpc) is 2.88. The number of nitrogens with one attached hydrogen (secondary N) is 1. The van der Waals surface area contributed by atoms with Crippen LogP contribution >= 0.6 is 0 Å². The normalized spacial score (nSPS) is 35.0. The predicted octanol–water partition coefficient (Wildman–Crippen LogP) is 3.77. The summed E-state index contributed by atoms with van der Waals surface area (Å²) >= 11 is 0. The number of halogens is 3. The van der Waals surface area contributed by atoms with Gasteiger partial charge in [0, 0.05) is 19.2 Å². The van der Waals surface area contributed by atoms with E-state index in [4.69, 9.17) is 0 Å². The molecule has 0 aliphatic heterocycles. The molecule has 4 bridgehead atoms. The van der Waals surface area contributed by atoms with Crippen molar-refractivity contribution in [2.75, 3.05) is 0 Å². The van der Waals surface area contributed by atoms with Crippen molar-refractivity contribution in [2.45, 2.75) is 57.7 Å². The molecule has 1 N–H and O–H groups in total. The molecule has 4 saturated carbocycles. The zero-order valence-corrected chi connectivity index (χ0v) is 14.6. The summed E-state index contributed by atoms with van der Waals surface area (Å²) < 4.78 is 39.4. The third kappa shape index (κ3) is 2.85. The highest BCUT2D eigenvalue weighted by Gasteiger charge is 2.53. The van der Waals surface area contributed by atoms with Crippen molar-refractivity contribution < 1.29 is 18.0 Å². The summed E-state index contributed by atoms with van der Waals surface area (Å²) in [5.74, 6) is 1.83. The molecule has 1 heterocycles. The fraction of sp³-hybridized carbons (Fsp3) is 0.778. The molecular weight excluding hydrogens is 331 g/mol. The molecule has 4 aliphatic rings. The van der Waals surface area contributed by atoms with Crippen LogP contribution in [0.4, 0.5) is 13.2 Å². The topological polar surface area (TPSA) is 46.9 Å². The maximum atomic E-state index is 12.8. The molecule has 0 spiro atoms. The van der Waals surface area contributed by atoms with Crippen molar-refractivity contribution in [3.05, 3.63) is 17.5 Å². The van der Waals surface area contributed by atoms with Crippen molar-refractivity contribution in [1.82, 2.24) is 15.1 Å². The number of carbonyl (C=O) groups excluding carboxylic acids is 1. The van der Waals surface area contributed by atoms with E-state index in [1.807, 2.05) is 6.92 Å². The van der Waals surface area contributed by atoms with Crippen LogP contribution in [0.3, 0.4) is 0 Å². The van der Waals surface area contributed by atoms with Gasteiger partial charge in [-0.1, -0.05) is 0 Å². The van der Waals surface area contributed by atoms with Gasteiger partial charge in [-0.2, -0.15) is 18.3 Å². The van der Waals surface area contributed by atoms with Crippen LogP contribution in [0, 0.1) is 23.2 Å². The standard InChI is InChI=1S/C18H24F3N3O/c1-10(17-7-11-3-12(8-17)5-13(4-11)9-17)22-16(25)14-6-15(18(19,20)21)23-24(14)2/h6,10-13H,3-5,7-9H2,1-2H3,(H,22,25)/t10-,11?,12?,13?,17?/m1/s1. The van der Waals surface area contributed by atoms with E-state index in [1.165, 1.54) is 26.3 Å². The van der Waals surface area contributed by atoms with Crippen LogP contribution in [0.2, 0.25) is 0 Å². The van der Waals surface area contributed by atoms with Crippen molar-refractivity contribution in [2.24, 2.45) is 30.2 Å². The van der Waals surface area contributed by atoms with Gasteiger partial charge in [-0.15, -0.1) is 0 Å². The van der Waals surface area contributed by atoms with Crippen LogP contribution < -0.4 is 5.32 Å². The fourth-order valence-corrected chi connectivity index (χ4v) is 5.95. The maximum absolute atomic E-state index is 12.8. The molecule has 5 rings (SSSR count). The van der Waals surface area contributed by atoms with E-state index in [9.17, 15) is 18.0 Å². The lowest BCUT2D eigenvalue weighted by molar-refractivity contribution is -0.141. The highest BCUT2D eigenvalue weighted by atomic mass is 19.4. The predicted molar refractivity (Wildman–Crippen MR) is 85.7 cm³/mol. The Bertz CT molecular complexity index is 659. The van der Waals surface area contributed by atoms with Gasteiger partial charge in [0.05, 0.1) is 0 Å². The quantitative estimate of drug-likeness (QED) is 0.897. The average molecular weight is 355 g/mol. The molecule has 1 aromatic heterocycles. The van der Waals surface area contributed by atoms with E-state index < -0.39 is 17.8 Å². The van der Waals surface area contributed by atoms with Gasteiger partial charge in [-0.25, -0.2) is 0 Å². The molecule has 4 nitrogen and oxygen atoms in total. The van der Waals surface area contributed by atoms with Crippen LogP contribution in [0.5, 0.6) is 0 Å². The van der Waals surface area contributed by atoms with E-state index in [1.54, 1.807) is 0 Å². The second kappa shape index (κ2) is 5.48. The highest BCUT2D eigenvalue weighted by Crippen LogP contribution is 2.61. The second-order valence-electron chi connectivity index (χ2n) is 8.51.